The largest absolute Gasteiger partial charge is 0.342 e. The summed E-state index contributed by atoms with van der Waals surface area (Å²) in [6.07, 6.45) is 2.93. The van der Waals surface area contributed by atoms with E-state index in [1.165, 1.54) is 6.33 Å². The van der Waals surface area contributed by atoms with Crippen molar-refractivity contribution in [2.24, 2.45) is 5.84 Å². The highest BCUT2D eigenvalue weighted by Gasteiger charge is 2.17. The van der Waals surface area contributed by atoms with Gasteiger partial charge < -0.3 is 10.7 Å². The number of rotatable bonds is 4. The third-order valence-corrected chi connectivity index (χ3v) is 2.86. The molecule has 2 aromatic heterocycles. The Morgan fingerprint density at radius 3 is 2.95 bits per heavy atom. The first-order valence-corrected chi connectivity index (χ1v) is 6.19. The van der Waals surface area contributed by atoms with Crippen molar-refractivity contribution in [3.8, 4) is 0 Å². The zero-order valence-corrected chi connectivity index (χ0v) is 11.6. The highest BCUT2D eigenvalue weighted by Crippen LogP contribution is 2.18. The lowest BCUT2D eigenvalue weighted by atomic mass is 10.2. The summed E-state index contributed by atoms with van der Waals surface area (Å²) >= 11 is 3.26. The van der Waals surface area contributed by atoms with E-state index in [2.05, 4.69) is 46.8 Å². The molecular weight excluding hydrogens is 314 g/mol. The van der Waals surface area contributed by atoms with Gasteiger partial charge in [-0.2, -0.15) is 5.10 Å². The van der Waals surface area contributed by atoms with Crippen LogP contribution < -0.4 is 16.6 Å². The molecule has 0 radical (unpaired) electrons. The van der Waals surface area contributed by atoms with Gasteiger partial charge in [0.25, 0.3) is 5.91 Å². The fourth-order valence-electron chi connectivity index (χ4n) is 1.49. The van der Waals surface area contributed by atoms with E-state index in [0.29, 0.717) is 21.7 Å². The number of aromatic nitrogens is 4. The van der Waals surface area contributed by atoms with E-state index < -0.39 is 0 Å². The molecule has 5 N–H and O–H groups in total. The average molecular weight is 326 g/mol. The maximum absolute atomic E-state index is 12.2. The van der Waals surface area contributed by atoms with Gasteiger partial charge >= 0.3 is 0 Å². The van der Waals surface area contributed by atoms with Gasteiger partial charge in [0.05, 0.1) is 11.6 Å². The number of halogens is 1. The Hall–Kier alpha value is -2.00. The van der Waals surface area contributed by atoms with E-state index in [0.717, 1.165) is 0 Å². The molecule has 0 saturated heterocycles. The third-order valence-electron chi connectivity index (χ3n) is 2.43. The van der Waals surface area contributed by atoms with Crippen LogP contribution in [0.5, 0.6) is 0 Å². The summed E-state index contributed by atoms with van der Waals surface area (Å²) < 4.78 is 0.684. The van der Waals surface area contributed by atoms with Gasteiger partial charge in [-0.15, -0.1) is 0 Å². The van der Waals surface area contributed by atoms with Crippen molar-refractivity contribution >= 4 is 27.7 Å². The first kappa shape index (κ1) is 13.4. The molecule has 0 bridgehead atoms. The fourth-order valence-corrected chi connectivity index (χ4v) is 1.82. The van der Waals surface area contributed by atoms with Crippen LogP contribution in [-0.4, -0.2) is 26.1 Å². The Kier molecular flexibility index (Phi) is 4.07. The van der Waals surface area contributed by atoms with Gasteiger partial charge in [0.15, 0.2) is 5.82 Å². The first-order chi connectivity index (χ1) is 9.11. The van der Waals surface area contributed by atoms with Crippen molar-refractivity contribution in [3.63, 3.8) is 0 Å². The molecule has 0 saturated carbocycles. The molecule has 100 valence electrons. The standard InChI is InChI=1S/C10H12BrN7O/c1-5(8-14-4-15-18-8)16-10(19)7-2-6(11)3-13-9(7)17-12/h2-5H,12H2,1H3,(H,13,17)(H,16,19)(H,14,15,18). The number of pyridine rings is 1. The van der Waals surface area contributed by atoms with E-state index in [-0.39, 0.29) is 11.9 Å². The molecule has 1 unspecified atom stereocenters. The number of nitrogens with one attached hydrogen (secondary N) is 3. The van der Waals surface area contributed by atoms with Crippen LogP contribution in [0.2, 0.25) is 0 Å². The molecule has 8 nitrogen and oxygen atoms in total. The number of amides is 1. The number of carbonyl (C=O) groups excluding carboxylic acids is 1. The monoisotopic (exact) mass is 325 g/mol. The molecular formula is C10H12BrN7O. The molecule has 0 spiro atoms. The Morgan fingerprint density at radius 2 is 2.32 bits per heavy atom. The molecule has 1 atom stereocenters. The summed E-state index contributed by atoms with van der Waals surface area (Å²) in [6, 6.07) is 1.32. The number of anilines is 1. The minimum absolute atomic E-state index is 0.297. The number of carbonyl (C=O) groups is 1. The van der Waals surface area contributed by atoms with Gasteiger partial charge in [-0.25, -0.2) is 15.8 Å². The van der Waals surface area contributed by atoms with Crippen molar-refractivity contribution < 1.29 is 4.79 Å². The molecule has 1 amide bonds. The van der Waals surface area contributed by atoms with Gasteiger partial charge in [-0.05, 0) is 28.9 Å². The maximum atomic E-state index is 12.2. The van der Waals surface area contributed by atoms with Gasteiger partial charge in [-0.3, -0.25) is 9.89 Å². The summed E-state index contributed by atoms with van der Waals surface area (Å²) in [5, 5.41) is 9.20. The van der Waals surface area contributed by atoms with Crippen LogP contribution in [0.15, 0.2) is 23.1 Å². The second-order valence-corrected chi connectivity index (χ2v) is 4.68. The molecule has 2 aromatic rings. The molecule has 2 heterocycles. The summed E-state index contributed by atoms with van der Waals surface area (Å²) in [6.45, 7) is 1.79. The lowest BCUT2D eigenvalue weighted by Gasteiger charge is -2.13. The summed E-state index contributed by atoms with van der Waals surface area (Å²) in [5.41, 5.74) is 2.72. The van der Waals surface area contributed by atoms with Crippen molar-refractivity contribution in [1.29, 1.82) is 0 Å². The van der Waals surface area contributed by atoms with Gasteiger partial charge in [0, 0.05) is 10.7 Å². The van der Waals surface area contributed by atoms with Crippen LogP contribution >= 0.6 is 15.9 Å². The number of nitrogens with zero attached hydrogens (tertiary/aromatic N) is 3. The summed E-state index contributed by atoms with van der Waals surface area (Å²) in [5.74, 6) is 5.88. The molecule has 19 heavy (non-hydrogen) atoms. The Balaban J connectivity index is 2.18. The van der Waals surface area contributed by atoms with Crippen LogP contribution in [0.3, 0.4) is 0 Å². The van der Waals surface area contributed by atoms with Crippen molar-refractivity contribution in [3.05, 3.63) is 34.5 Å². The number of H-pyrrole nitrogens is 1. The van der Waals surface area contributed by atoms with E-state index >= 15 is 0 Å². The molecule has 0 aliphatic carbocycles. The van der Waals surface area contributed by atoms with Crippen LogP contribution in [-0.2, 0) is 0 Å². The van der Waals surface area contributed by atoms with E-state index in [1.807, 2.05) is 0 Å². The molecule has 0 aliphatic rings. The zero-order chi connectivity index (χ0) is 13.8. The van der Waals surface area contributed by atoms with Crippen molar-refractivity contribution in [1.82, 2.24) is 25.5 Å². The number of nitrogens with two attached hydrogens (primary N) is 1. The summed E-state index contributed by atoms with van der Waals surface area (Å²) in [4.78, 5) is 20.1. The Morgan fingerprint density at radius 1 is 1.53 bits per heavy atom. The van der Waals surface area contributed by atoms with Crippen molar-refractivity contribution in [2.45, 2.75) is 13.0 Å². The topological polar surface area (TPSA) is 122 Å². The van der Waals surface area contributed by atoms with Crippen LogP contribution in [0.1, 0.15) is 29.1 Å². The third kappa shape index (κ3) is 3.06. The number of hydrogen-bond donors (Lipinski definition) is 4. The van der Waals surface area contributed by atoms with Gasteiger partial charge in [0.2, 0.25) is 0 Å². The van der Waals surface area contributed by atoms with Gasteiger partial charge in [0.1, 0.15) is 12.2 Å². The van der Waals surface area contributed by atoms with Crippen LogP contribution in [0.25, 0.3) is 0 Å². The molecule has 0 aromatic carbocycles. The number of hydrogen-bond acceptors (Lipinski definition) is 6. The molecule has 0 fully saturated rings. The molecule has 2 rings (SSSR count). The second kappa shape index (κ2) is 5.76. The first-order valence-electron chi connectivity index (χ1n) is 5.40. The highest BCUT2D eigenvalue weighted by molar-refractivity contribution is 9.10. The smallest absolute Gasteiger partial charge is 0.255 e. The number of hydrazine groups is 1. The predicted molar refractivity (Wildman–Crippen MR) is 72.0 cm³/mol. The maximum Gasteiger partial charge on any atom is 0.255 e. The van der Waals surface area contributed by atoms with Crippen LogP contribution in [0.4, 0.5) is 5.82 Å². The van der Waals surface area contributed by atoms with Crippen LogP contribution in [0, 0.1) is 0 Å². The minimum atomic E-state index is -0.314. The van der Waals surface area contributed by atoms with Crippen molar-refractivity contribution in [2.75, 3.05) is 5.43 Å². The molecule has 0 aliphatic heterocycles. The molecule has 9 heteroatoms. The normalized spacial score (nSPS) is 11.9. The quantitative estimate of drug-likeness (QED) is 0.486. The zero-order valence-electron chi connectivity index (χ0n) is 10.0. The number of aromatic amines is 1. The fraction of sp³-hybridized carbons (Fsp3) is 0.200. The van der Waals surface area contributed by atoms with E-state index in [4.69, 9.17) is 5.84 Å². The van der Waals surface area contributed by atoms with E-state index in [1.54, 1.807) is 19.2 Å². The lowest BCUT2D eigenvalue weighted by Crippen LogP contribution is -2.29. The minimum Gasteiger partial charge on any atom is -0.342 e. The van der Waals surface area contributed by atoms with Gasteiger partial charge in [-0.1, -0.05) is 0 Å². The van der Waals surface area contributed by atoms with E-state index in [9.17, 15) is 4.79 Å². The average Bonchev–Trinajstić information content (AvgIpc) is 2.92. The highest BCUT2D eigenvalue weighted by atomic mass is 79.9. The Bertz CT molecular complexity index is 571. The SMILES string of the molecule is CC(NC(=O)c1cc(Br)cnc1NN)c1ncn[nH]1. The number of nitrogen functional groups attached to an aromatic ring is 1. The lowest BCUT2D eigenvalue weighted by molar-refractivity contribution is 0.0939. The summed E-state index contributed by atoms with van der Waals surface area (Å²) in [7, 11) is 0. The predicted octanol–water partition coefficient (Wildman–Crippen LogP) is 0.739. The Labute approximate surface area is 117 Å². The second-order valence-electron chi connectivity index (χ2n) is 3.76.